The number of ether oxygens (including phenoxy) is 2. The normalized spacial score (nSPS) is 20.7. The fraction of sp³-hybridized carbons (Fsp3) is 0.478. The quantitative estimate of drug-likeness (QED) is 0.604. The molecule has 0 spiro atoms. The van der Waals surface area contributed by atoms with Gasteiger partial charge in [-0.05, 0) is 30.7 Å². The third-order valence-electron chi connectivity index (χ3n) is 6.19. The number of nitrogens with zero attached hydrogens (tertiary/aromatic N) is 5. The Balaban J connectivity index is 1.44. The van der Waals surface area contributed by atoms with Crippen molar-refractivity contribution in [3.8, 4) is 6.07 Å². The molecule has 0 saturated carbocycles. The maximum atomic E-state index is 13.2. The van der Waals surface area contributed by atoms with E-state index in [1.54, 1.807) is 4.90 Å². The number of benzene rings is 1. The van der Waals surface area contributed by atoms with Gasteiger partial charge in [0.25, 0.3) is 5.91 Å². The van der Waals surface area contributed by atoms with Gasteiger partial charge in [-0.3, -0.25) is 14.4 Å². The summed E-state index contributed by atoms with van der Waals surface area (Å²) < 4.78 is 25.5. The van der Waals surface area contributed by atoms with Crippen LogP contribution >= 0.6 is 0 Å². The molecule has 2 aromatic rings. The lowest BCUT2D eigenvalue weighted by Gasteiger charge is -2.35. The first-order valence-electron chi connectivity index (χ1n) is 11.5. The van der Waals surface area contributed by atoms with E-state index in [0.717, 1.165) is 13.1 Å². The number of aromatic nitrogens is 2. The van der Waals surface area contributed by atoms with Gasteiger partial charge in [0.15, 0.2) is 5.82 Å². The molecule has 0 aliphatic carbocycles. The van der Waals surface area contributed by atoms with E-state index in [2.05, 4.69) is 21.4 Å². The molecular weight excluding hydrogens is 457 g/mol. The van der Waals surface area contributed by atoms with Gasteiger partial charge in [0.2, 0.25) is 0 Å². The molecule has 2 fully saturated rings. The molecule has 2 atom stereocenters. The number of amides is 2. The molecule has 4 rings (SSSR count). The molecule has 3 heterocycles. The van der Waals surface area contributed by atoms with Crippen LogP contribution in [0.1, 0.15) is 22.8 Å². The number of nitrogens with two attached hydrogens (primary N) is 1. The second-order valence-electron chi connectivity index (χ2n) is 8.47. The van der Waals surface area contributed by atoms with Gasteiger partial charge in [-0.25, -0.2) is 9.18 Å². The average Bonchev–Trinajstić information content (AvgIpc) is 3.29. The molecule has 2 amide bonds. The average molecular weight is 486 g/mol. The Labute approximate surface area is 202 Å². The summed E-state index contributed by atoms with van der Waals surface area (Å²) in [5.41, 5.74) is 6.18. The van der Waals surface area contributed by atoms with Gasteiger partial charge in [-0.1, -0.05) is 0 Å². The lowest BCUT2D eigenvalue weighted by molar-refractivity contribution is 0.0223. The van der Waals surface area contributed by atoms with E-state index in [9.17, 15) is 19.2 Å². The predicted octanol–water partition coefficient (Wildman–Crippen LogP) is 1.72. The summed E-state index contributed by atoms with van der Waals surface area (Å²) >= 11 is 0. The molecule has 0 radical (unpaired) electrons. The number of morpholine rings is 1. The first kappa shape index (κ1) is 24.4. The number of hydrogen-bond acceptors (Lipinski definition) is 8. The smallest absolute Gasteiger partial charge is 0.409 e. The van der Waals surface area contributed by atoms with Crippen LogP contribution in [0.3, 0.4) is 0 Å². The van der Waals surface area contributed by atoms with E-state index in [1.807, 2.05) is 0 Å². The van der Waals surface area contributed by atoms with Crippen molar-refractivity contribution in [1.29, 1.82) is 5.26 Å². The molecule has 1 aromatic heterocycles. The van der Waals surface area contributed by atoms with E-state index < -0.39 is 29.8 Å². The summed E-state index contributed by atoms with van der Waals surface area (Å²) in [6.45, 7) is 4.44. The third-order valence-corrected chi connectivity index (χ3v) is 6.19. The first-order chi connectivity index (χ1) is 16.9. The highest BCUT2D eigenvalue weighted by molar-refractivity contribution is 5.98. The van der Waals surface area contributed by atoms with Gasteiger partial charge in [0, 0.05) is 44.6 Å². The number of anilines is 2. The second-order valence-corrected chi connectivity index (χ2v) is 8.47. The third kappa shape index (κ3) is 6.06. The van der Waals surface area contributed by atoms with Crippen molar-refractivity contribution in [2.75, 3.05) is 57.9 Å². The first-order valence-corrected chi connectivity index (χ1v) is 11.5. The summed E-state index contributed by atoms with van der Waals surface area (Å²) in [4.78, 5) is 28.5. The Bertz CT molecular complexity index is 1080. The summed E-state index contributed by atoms with van der Waals surface area (Å²) in [6, 6.07) is 7.34. The van der Waals surface area contributed by atoms with E-state index in [-0.39, 0.29) is 24.5 Å². The zero-order valence-electron chi connectivity index (χ0n) is 19.2. The van der Waals surface area contributed by atoms with Crippen LogP contribution in [0.4, 0.5) is 20.7 Å². The van der Waals surface area contributed by atoms with Crippen LogP contribution in [-0.4, -0.2) is 84.1 Å². The van der Waals surface area contributed by atoms with Crippen molar-refractivity contribution >= 4 is 23.5 Å². The molecule has 11 nitrogen and oxygen atoms in total. The number of nitrogens with one attached hydrogen (secondary N) is 1. The van der Waals surface area contributed by atoms with Crippen LogP contribution in [0.15, 0.2) is 30.5 Å². The van der Waals surface area contributed by atoms with Crippen LogP contribution in [-0.2, 0) is 9.47 Å². The molecule has 0 bridgehead atoms. The number of carbonyl (C=O) groups is 2. The molecule has 35 heavy (non-hydrogen) atoms. The van der Waals surface area contributed by atoms with Crippen molar-refractivity contribution < 1.29 is 23.5 Å². The van der Waals surface area contributed by atoms with Crippen molar-refractivity contribution in [2.24, 2.45) is 11.7 Å². The van der Waals surface area contributed by atoms with Gasteiger partial charge in [-0.15, -0.1) is 0 Å². The van der Waals surface area contributed by atoms with E-state index in [0.29, 0.717) is 38.4 Å². The maximum absolute atomic E-state index is 13.2. The van der Waals surface area contributed by atoms with Crippen molar-refractivity contribution in [1.82, 2.24) is 19.6 Å². The van der Waals surface area contributed by atoms with Crippen LogP contribution in [0.5, 0.6) is 0 Å². The van der Waals surface area contributed by atoms with Crippen LogP contribution < -0.4 is 11.1 Å². The number of likely N-dealkylation sites (tertiary alicyclic amines) is 1. The van der Waals surface area contributed by atoms with Crippen molar-refractivity contribution in [3.63, 3.8) is 0 Å². The van der Waals surface area contributed by atoms with E-state index in [4.69, 9.17) is 15.2 Å². The lowest BCUT2D eigenvalue weighted by atomic mass is 9.93. The zero-order valence-corrected chi connectivity index (χ0v) is 19.2. The van der Waals surface area contributed by atoms with Crippen molar-refractivity contribution in [2.45, 2.75) is 12.5 Å². The molecule has 3 N–H and O–H groups in total. The van der Waals surface area contributed by atoms with Crippen LogP contribution in [0, 0.1) is 23.1 Å². The van der Waals surface area contributed by atoms with Crippen molar-refractivity contribution in [3.05, 3.63) is 41.8 Å². The molecule has 2 unspecified atom stereocenters. The maximum Gasteiger partial charge on any atom is 0.409 e. The highest BCUT2D eigenvalue weighted by Gasteiger charge is 2.35. The van der Waals surface area contributed by atoms with E-state index >= 15 is 0 Å². The van der Waals surface area contributed by atoms with Gasteiger partial charge in [0.05, 0.1) is 31.2 Å². The molecule has 2 aliphatic rings. The molecule has 186 valence electrons. The number of halogens is 1. The zero-order chi connectivity index (χ0) is 24.8. The Hall–Kier alpha value is -3.69. The van der Waals surface area contributed by atoms with Gasteiger partial charge in [-0.2, -0.15) is 10.4 Å². The fourth-order valence-electron chi connectivity index (χ4n) is 4.20. The highest BCUT2D eigenvalue weighted by atomic mass is 19.1. The van der Waals surface area contributed by atoms with Crippen LogP contribution in [0.2, 0.25) is 0 Å². The molecule has 2 saturated heterocycles. The summed E-state index contributed by atoms with van der Waals surface area (Å²) in [5.74, 6) is -1.34. The van der Waals surface area contributed by atoms with Gasteiger partial charge >= 0.3 is 6.09 Å². The number of carbonyl (C=O) groups excluding carboxylic acids is 2. The fourth-order valence-corrected chi connectivity index (χ4v) is 4.20. The van der Waals surface area contributed by atoms with Gasteiger partial charge in [0.1, 0.15) is 18.0 Å². The predicted molar refractivity (Wildman–Crippen MR) is 123 cm³/mol. The van der Waals surface area contributed by atoms with Crippen LogP contribution in [0.25, 0.3) is 0 Å². The molecule has 2 aliphatic heterocycles. The largest absolute Gasteiger partial charge is 0.448 e. The Morgan fingerprint density at radius 3 is 2.69 bits per heavy atom. The number of hydrogen-bond donors (Lipinski definition) is 2. The van der Waals surface area contributed by atoms with Gasteiger partial charge < -0.3 is 25.4 Å². The SMILES string of the molecule is N#CC1CCN(C(=O)OCCN2CCOCC2)CC1n1cc(C(N)=O)c(Nc2ccc(F)cc2)n1. The Kier molecular flexibility index (Phi) is 7.79. The molecule has 1 aromatic carbocycles. The monoisotopic (exact) mass is 485 g/mol. The Morgan fingerprint density at radius 1 is 1.26 bits per heavy atom. The summed E-state index contributed by atoms with van der Waals surface area (Å²) in [5, 5.41) is 17.1. The topological polar surface area (TPSA) is 139 Å². The summed E-state index contributed by atoms with van der Waals surface area (Å²) in [7, 11) is 0. The standard InChI is InChI=1S/C23H28FN7O4/c24-17-1-3-18(4-2-17)27-22-19(21(26)32)14-31(28-22)20-15-30(6-5-16(20)13-25)23(33)35-12-9-29-7-10-34-11-8-29/h1-4,14,16,20H,5-12,15H2,(H2,26,32)(H,27,28). The number of rotatable bonds is 7. The number of primary amides is 1. The minimum atomic E-state index is -0.704. The van der Waals surface area contributed by atoms with E-state index in [1.165, 1.54) is 35.1 Å². The second kappa shape index (κ2) is 11.2. The Morgan fingerprint density at radius 2 is 2.00 bits per heavy atom. The number of piperidine rings is 1. The molecular formula is C23H28FN7O4. The number of nitriles is 1. The highest BCUT2D eigenvalue weighted by Crippen LogP contribution is 2.30. The molecule has 12 heteroatoms. The lowest BCUT2D eigenvalue weighted by Crippen LogP contribution is -2.45. The minimum Gasteiger partial charge on any atom is -0.448 e. The summed E-state index contributed by atoms with van der Waals surface area (Å²) in [6.07, 6.45) is 1.45. The minimum absolute atomic E-state index is 0.122.